The van der Waals surface area contributed by atoms with Crippen LogP contribution < -0.4 is 10.5 Å². The highest BCUT2D eigenvalue weighted by Gasteiger charge is 2.26. The van der Waals surface area contributed by atoms with E-state index in [2.05, 4.69) is 18.2 Å². The zero-order valence-corrected chi connectivity index (χ0v) is 11.7. The molecular formula is C16H15ClN2O. The van der Waals surface area contributed by atoms with Gasteiger partial charge in [0.2, 0.25) is 0 Å². The molecule has 0 saturated heterocycles. The minimum absolute atomic E-state index is 0.00863. The summed E-state index contributed by atoms with van der Waals surface area (Å²) in [6.07, 6.45) is 1.03. The van der Waals surface area contributed by atoms with Crippen LogP contribution >= 0.6 is 11.6 Å². The van der Waals surface area contributed by atoms with Gasteiger partial charge in [0.15, 0.2) is 0 Å². The molecule has 1 atom stereocenters. The Balaban J connectivity index is 1.74. The Morgan fingerprint density at radius 2 is 2.10 bits per heavy atom. The third-order valence-electron chi connectivity index (χ3n) is 3.64. The Bertz CT molecular complexity index is 669. The number of hydrogen-bond acceptors (Lipinski definition) is 2. The molecule has 3 rings (SSSR count). The van der Waals surface area contributed by atoms with Crippen LogP contribution in [0, 0.1) is 5.41 Å². The quantitative estimate of drug-likeness (QED) is 0.669. The molecule has 102 valence electrons. The lowest BCUT2D eigenvalue weighted by molar-refractivity contribution is 0.275. The van der Waals surface area contributed by atoms with Crippen LogP contribution in [0.3, 0.4) is 0 Å². The average molecular weight is 287 g/mol. The number of ether oxygens (including phenoxy) is 1. The SMILES string of the molecule is N=C(N)c1ccc(Cl)cc1OCC1Cc2ccccc21. The van der Waals surface area contributed by atoms with E-state index in [1.54, 1.807) is 18.2 Å². The van der Waals surface area contributed by atoms with Crippen molar-refractivity contribution in [2.24, 2.45) is 5.73 Å². The van der Waals surface area contributed by atoms with E-state index in [1.807, 2.05) is 6.07 Å². The summed E-state index contributed by atoms with van der Waals surface area (Å²) in [4.78, 5) is 0. The number of rotatable bonds is 4. The molecule has 0 spiro atoms. The third-order valence-corrected chi connectivity index (χ3v) is 3.87. The van der Waals surface area contributed by atoms with E-state index in [-0.39, 0.29) is 5.84 Å². The van der Waals surface area contributed by atoms with Crippen molar-refractivity contribution < 1.29 is 4.74 Å². The first-order valence-corrected chi connectivity index (χ1v) is 6.87. The normalized spacial score (nSPS) is 16.1. The third kappa shape index (κ3) is 2.37. The van der Waals surface area contributed by atoms with Crippen LogP contribution in [0.5, 0.6) is 5.75 Å². The lowest BCUT2D eigenvalue weighted by Gasteiger charge is -2.30. The summed E-state index contributed by atoms with van der Waals surface area (Å²) >= 11 is 5.97. The van der Waals surface area contributed by atoms with Crippen molar-refractivity contribution in [1.29, 1.82) is 5.41 Å². The van der Waals surface area contributed by atoms with Gasteiger partial charge in [0.25, 0.3) is 0 Å². The molecule has 2 aromatic rings. The molecule has 0 saturated carbocycles. The van der Waals surface area contributed by atoms with Crippen LogP contribution in [-0.2, 0) is 6.42 Å². The zero-order valence-electron chi connectivity index (χ0n) is 10.9. The van der Waals surface area contributed by atoms with Gasteiger partial charge in [0, 0.05) is 10.9 Å². The van der Waals surface area contributed by atoms with E-state index in [0.29, 0.717) is 28.9 Å². The Morgan fingerprint density at radius 1 is 1.30 bits per heavy atom. The fourth-order valence-corrected chi connectivity index (χ4v) is 2.70. The van der Waals surface area contributed by atoms with Gasteiger partial charge in [-0.25, -0.2) is 0 Å². The lowest BCUT2D eigenvalue weighted by Crippen LogP contribution is -2.24. The fraction of sp³-hybridized carbons (Fsp3) is 0.188. The standard InChI is InChI=1S/C16H15ClN2O/c17-12-5-6-14(16(18)19)15(8-12)20-9-11-7-10-3-1-2-4-13(10)11/h1-6,8,11H,7,9H2,(H3,18,19). The molecule has 0 aliphatic heterocycles. The van der Waals surface area contributed by atoms with Crippen molar-refractivity contribution in [3.63, 3.8) is 0 Å². The van der Waals surface area contributed by atoms with Gasteiger partial charge in [-0.3, -0.25) is 5.41 Å². The highest BCUT2D eigenvalue weighted by atomic mass is 35.5. The number of hydrogen-bond donors (Lipinski definition) is 2. The summed E-state index contributed by atoms with van der Waals surface area (Å²) < 4.78 is 5.83. The molecule has 0 fully saturated rings. The van der Waals surface area contributed by atoms with Gasteiger partial charge in [-0.1, -0.05) is 35.9 Å². The second-order valence-corrected chi connectivity index (χ2v) is 5.40. The van der Waals surface area contributed by atoms with Crippen LogP contribution in [0.15, 0.2) is 42.5 Å². The number of nitrogens with one attached hydrogen (secondary N) is 1. The van der Waals surface area contributed by atoms with Crippen LogP contribution in [0.1, 0.15) is 22.6 Å². The zero-order chi connectivity index (χ0) is 14.1. The highest BCUT2D eigenvalue weighted by molar-refractivity contribution is 6.30. The number of amidine groups is 1. The van der Waals surface area contributed by atoms with E-state index >= 15 is 0 Å². The fourth-order valence-electron chi connectivity index (χ4n) is 2.54. The summed E-state index contributed by atoms with van der Waals surface area (Å²) in [5.41, 5.74) is 8.87. The molecular weight excluding hydrogens is 272 g/mol. The van der Waals surface area contributed by atoms with Crippen LogP contribution in [0.2, 0.25) is 5.02 Å². The minimum Gasteiger partial charge on any atom is -0.492 e. The molecule has 1 aliphatic rings. The summed E-state index contributed by atoms with van der Waals surface area (Å²) in [6, 6.07) is 13.5. The van der Waals surface area contributed by atoms with Gasteiger partial charge >= 0.3 is 0 Å². The molecule has 0 aromatic heterocycles. The molecule has 0 amide bonds. The Morgan fingerprint density at radius 3 is 2.85 bits per heavy atom. The summed E-state index contributed by atoms with van der Waals surface area (Å²) in [5.74, 6) is 0.977. The number of fused-ring (bicyclic) bond motifs is 1. The maximum Gasteiger partial charge on any atom is 0.131 e. The molecule has 0 bridgehead atoms. The largest absolute Gasteiger partial charge is 0.492 e. The van der Waals surface area contributed by atoms with E-state index in [9.17, 15) is 0 Å². The lowest BCUT2D eigenvalue weighted by atomic mass is 9.78. The Kier molecular flexibility index (Phi) is 3.36. The molecule has 4 heteroatoms. The van der Waals surface area contributed by atoms with Crippen LogP contribution in [-0.4, -0.2) is 12.4 Å². The molecule has 3 nitrogen and oxygen atoms in total. The van der Waals surface area contributed by atoms with Crippen molar-refractivity contribution in [2.45, 2.75) is 12.3 Å². The number of nitrogen functional groups attached to an aromatic ring is 1. The molecule has 1 unspecified atom stereocenters. The average Bonchev–Trinajstić information content (AvgIpc) is 2.39. The molecule has 0 radical (unpaired) electrons. The van der Waals surface area contributed by atoms with Gasteiger partial charge in [-0.05, 0) is 35.7 Å². The molecule has 0 heterocycles. The topological polar surface area (TPSA) is 59.1 Å². The van der Waals surface area contributed by atoms with Crippen molar-refractivity contribution in [1.82, 2.24) is 0 Å². The summed E-state index contributed by atoms with van der Waals surface area (Å²) in [6.45, 7) is 0.581. The summed E-state index contributed by atoms with van der Waals surface area (Å²) in [7, 11) is 0. The number of benzene rings is 2. The minimum atomic E-state index is -0.00863. The van der Waals surface area contributed by atoms with E-state index < -0.39 is 0 Å². The van der Waals surface area contributed by atoms with E-state index in [0.717, 1.165) is 6.42 Å². The van der Waals surface area contributed by atoms with Crippen LogP contribution in [0.4, 0.5) is 0 Å². The second kappa shape index (κ2) is 5.17. The Labute approximate surface area is 122 Å². The smallest absolute Gasteiger partial charge is 0.131 e. The number of halogens is 1. The van der Waals surface area contributed by atoms with Gasteiger partial charge in [0.05, 0.1) is 12.2 Å². The van der Waals surface area contributed by atoms with Crippen LogP contribution in [0.25, 0.3) is 0 Å². The first-order chi connectivity index (χ1) is 9.65. The molecule has 3 N–H and O–H groups in total. The maximum absolute atomic E-state index is 7.56. The highest BCUT2D eigenvalue weighted by Crippen LogP contribution is 2.35. The van der Waals surface area contributed by atoms with Gasteiger partial charge < -0.3 is 10.5 Å². The van der Waals surface area contributed by atoms with Crippen molar-refractivity contribution >= 4 is 17.4 Å². The molecule has 2 aromatic carbocycles. The molecule has 1 aliphatic carbocycles. The monoisotopic (exact) mass is 286 g/mol. The van der Waals surface area contributed by atoms with Crippen molar-refractivity contribution in [2.75, 3.05) is 6.61 Å². The van der Waals surface area contributed by atoms with Gasteiger partial charge in [-0.15, -0.1) is 0 Å². The van der Waals surface area contributed by atoms with Crippen molar-refractivity contribution in [3.8, 4) is 5.75 Å². The first-order valence-electron chi connectivity index (χ1n) is 6.49. The predicted molar refractivity (Wildman–Crippen MR) is 80.9 cm³/mol. The number of nitrogens with two attached hydrogens (primary N) is 1. The summed E-state index contributed by atoms with van der Waals surface area (Å²) in [5, 5.41) is 8.15. The van der Waals surface area contributed by atoms with Crippen molar-refractivity contribution in [3.05, 3.63) is 64.2 Å². The maximum atomic E-state index is 7.56. The first kappa shape index (κ1) is 13.0. The van der Waals surface area contributed by atoms with E-state index in [4.69, 9.17) is 27.5 Å². The van der Waals surface area contributed by atoms with Gasteiger partial charge in [0.1, 0.15) is 11.6 Å². The second-order valence-electron chi connectivity index (χ2n) is 4.97. The van der Waals surface area contributed by atoms with E-state index in [1.165, 1.54) is 11.1 Å². The Hall–Kier alpha value is -2.00. The van der Waals surface area contributed by atoms with Gasteiger partial charge in [-0.2, -0.15) is 0 Å². The predicted octanol–water partition coefficient (Wildman–Crippen LogP) is 3.34. The molecule has 20 heavy (non-hydrogen) atoms.